The Hall–Kier alpha value is -2.03. The molecule has 0 amide bonds. The van der Waals surface area contributed by atoms with Crippen molar-refractivity contribution in [3.05, 3.63) is 73.6 Å². The fourth-order valence-electron chi connectivity index (χ4n) is 2.26. The van der Waals surface area contributed by atoms with Crippen LogP contribution in [0.25, 0.3) is 16.8 Å². The first-order valence-electron chi connectivity index (χ1n) is 7.52. The molecule has 0 atom stereocenters. The maximum atomic E-state index is 9.49. The van der Waals surface area contributed by atoms with Crippen molar-refractivity contribution in [1.82, 2.24) is 4.98 Å². The lowest BCUT2D eigenvalue weighted by atomic mass is 10.2. The maximum Gasteiger partial charge on any atom is 0.136 e. The van der Waals surface area contributed by atoms with Crippen LogP contribution >= 0.6 is 46.1 Å². The van der Waals surface area contributed by atoms with Crippen molar-refractivity contribution in [2.45, 2.75) is 6.92 Å². The molecule has 0 aliphatic carbocycles. The van der Waals surface area contributed by atoms with Crippen LogP contribution in [-0.4, -0.2) is 4.98 Å². The number of hydrogen-bond donors (Lipinski definition) is 1. The summed E-state index contributed by atoms with van der Waals surface area (Å²) in [5.74, 6) is 0. The summed E-state index contributed by atoms with van der Waals surface area (Å²) in [4.78, 5) is 4.53. The van der Waals surface area contributed by atoms with E-state index in [4.69, 9.17) is 34.8 Å². The molecular formula is C19H12Cl3N3S. The summed E-state index contributed by atoms with van der Waals surface area (Å²) >= 11 is 19.6. The van der Waals surface area contributed by atoms with Crippen molar-refractivity contribution in [3.63, 3.8) is 0 Å². The van der Waals surface area contributed by atoms with Gasteiger partial charge >= 0.3 is 0 Å². The second-order valence-corrected chi connectivity index (χ2v) is 7.57. The predicted molar refractivity (Wildman–Crippen MR) is 111 cm³/mol. The Labute approximate surface area is 170 Å². The maximum absolute atomic E-state index is 9.49. The van der Waals surface area contributed by atoms with Gasteiger partial charge in [0, 0.05) is 32.9 Å². The average Bonchev–Trinajstić information content (AvgIpc) is 3.08. The minimum atomic E-state index is 0.422. The van der Waals surface area contributed by atoms with Crippen LogP contribution in [0.5, 0.6) is 0 Å². The highest BCUT2D eigenvalue weighted by Crippen LogP contribution is 2.32. The number of aromatic nitrogens is 1. The molecular weight excluding hydrogens is 409 g/mol. The average molecular weight is 421 g/mol. The van der Waals surface area contributed by atoms with Crippen molar-refractivity contribution in [2.24, 2.45) is 0 Å². The van der Waals surface area contributed by atoms with Crippen LogP contribution in [-0.2, 0) is 0 Å². The smallest absolute Gasteiger partial charge is 0.136 e. The molecule has 3 nitrogen and oxygen atoms in total. The first kappa shape index (κ1) is 18.8. The van der Waals surface area contributed by atoms with E-state index in [-0.39, 0.29) is 0 Å². The molecule has 0 bridgehead atoms. The van der Waals surface area contributed by atoms with Crippen LogP contribution < -0.4 is 5.32 Å². The van der Waals surface area contributed by atoms with E-state index in [1.54, 1.807) is 18.3 Å². The number of nitriles is 1. The number of anilines is 1. The Morgan fingerprint density at radius 2 is 1.88 bits per heavy atom. The Balaban J connectivity index is 1.88. The molecule has 2 aromatic carbocycles. The van der Waals surface area contributed by atoms with Crippen LogP contribution in [0.1, 0.15) is 10.6 Å². The van der Waals surface area contributed by atoms with Crippen molar-refractivity contribution < 1.29 is 0 Å². The van der Waals surface area contributed by atoms with Crippen LogP contribution in [0.4, 0.5) is 5.69 Å². The summed E-state index contributed by atoms with van der Waals surface area (Å²) in [6.07, 6.45) is 1.63. The van der Waals surface area contributed by atoms with Gasteiger partial charge in [-0.1, -0.05) is 40.9 Å². The van der Waals surface area contributed by atoms with Gasteiger partial charge in [0.05, 0.1) is 10.7 Å². The van der Waals surface area contributed by atoms with Crippen LogP contribution in [0.2, 0.25) is 15.1 Å². The molecule has 0 saturated heterocycles. The molecule has 3 aromatic rings. The number of halogens is 3. The second kappa shape index (κ2) is 8.11. The fraction of sp³-hybridized carbons (Fsp3) is 0.0526. The van der Waals surface area contributed by atoms with E-state index in [9.17, 15) is 5.26 Å². The largest absolute Gasteiger partial charge is 0.360 e. The lowest BCUT2D eigenvalue weighted by Crippen LogP contribution is -1.93. The molecule has 0 fully saturated rings. The normalized spacial score (nSPS) is 11.3. The summed E-state index contributed by atoms with van der Waals surface area (Å²) in [6.45, 7) is 1.96. The minimum absolute atomic E-state index is 0.422. The van der Waals surface area contributed by atoms with E-state index in [1.807, 2.05) is 36.6 Å². The van der Waals surface area contributed by atoms with Gasteiger partial charge in [-0.2, -0.15) is 5.26 Å². The molecule has 0 unspecified atom stereocenters. The molecule has 1 aromatic heterocycles. The Kier molecular flexibility index (Phi) is 5.85. The molecule has 1 heterocycles. The molecule has 0 aliphatic heterocycles. The van der Waals surface area contributed by atoms with E-state index in [0.717, 1.165) is 16.8 Å². The molecule has 3 rings (SSSR count). The standard InChI is InChI=1S/C19H12Cl3N3S/c1-11-2-3-14(21)7-17(11)24-9-12(8-23)19-25-18(10-26-19)15-5-4-13(20)6-16(15)22/h2-7,9-10,24H,1H3. The highest BCUT2D eigenvalue weighted by molar-refractivity contribution is 7.11. The van der Waals surface area contributed by atoms with Gasteiger partial charge < -0.3 is 5.32 Å². The van der Waals surface area contributed by atoms with Gasteiger partial charge in [0.15, 0.2) is 0 Å². The third-order valence-electron chi connectivity index (χ3n) is 3.63. The third-order valence-corrected chi connectivity index (χ3v) is 5.29. The van der Waals surface area contributed by atoms with Crippen LogP contribution in [0.15, 0.2) is 48.0 Å². The van der Waals surface area contributed by atoms with Gasteiger partial charge in [0.2, 0.25) is 0 Å². The van der Waals surface area contributed by atoms with Crippen LogP contribution in [0, 0.1) is 18.3 Å². The van der Waals surface area contributed by atoms with Crippen molar-refractivity contribution in [3.8, 4) is 17.3 Å². The quantitative estimate of drug-likeness (QED) is 0.460. The van der Waals surface area contributed by atoms with E-state index in [0.29, 0.717) is 31.3 Å². The summed E-state index contributed by atoms with van der Waals surface area (Å²) in [7, 11) is 0. The van der Waals surface area contributed by atoms with Crippen molar-refractivity contribution in [2.75, 3.05) is 5.32 Å². The minimum Gasteiger partial charge on any atom is -0.360 e. The fourth-order valence-corrected chi connectivity index (χ4v) is 3.72. The zero-order chi connectivity index (χ0) is 18.7. The molecule has 0 spiro atoms. The number of benzene rings is 2. The molecule has 26 heavy (non-hydrogen) atoms. The first-order chi connectivity index (χ1) is 12.5. The summed E-state index contributed by atoms with van der Waals surface area (Å²) < 4.78 is 0. The number of hydrogen-bond acceptors (Lipinski definition) is 4. The number of nitrogens with zero attached hydrogens (tertiary/aromatic N) is 2. The topological polar surface area (TPSA) is 48.7 Å². The Bertz CT molecular complexity index is 1030. The van der Waals surface area contributed by atoms with Gasteiger partial charge in [-0.25, -0.2) is 4.98 Å². The number of nitrogens with one attached hydrogen (secondary N) is 1. The highest BCUT2D eigenvalue weighted by atomic mass is 35.5. The highest BCUT2D eigenvalue weighted by Gasteiger charge is 2.12. The second-order valence-electron chi connectivity index (χ2n) is 5.44. The molecule has 0 saturated carbocycles. The lowest BCUT2D eigenvalue weighted by Gasteiger charge is -2.06. The van der Waals surface area contributed by atoms with Gasteiger partial charge in [-0.3, -0.25) is 0 Å². The zero-order valence-corrected chi connectivity index (χ0v) is 16.6. The summed E-state index contributed by atoms with van der Waals surface area (Å²) in [5.41, 5.74) is 3.76. The molecule has 0 radical (unpaired) electrons. The first-order valence-corrected chi connectivity index (χ1v) is 9.53. The Morgan fingerprint density at radius 1 is 1.15 bits per heavy atom. The molecule has 7 heteroatoms. The summed E-state index contributed by atoms with van der Waals surface area (Å²) in [5, 5.41) is 16.8. The third kappa shape index (κ3) is 4.20. The summed E-state index contributed by atoms with van der Waals surface area (Å²) in [6, 6.07) is 12.9. The Morgan fingerprint density at radius 3 is 2.62 bits per heavy atom. The number of aryl methyl sites for hydroxylation is 1. The van der Waals surface area contributed by atoms with E-state index in [1.165, 1.54) is 11.3 Å². The zero-order valence-electron chi connectivity index (χ0n) is 13.6. The van der Waals surface area contributed by atoms with E-state index >= 15 is 0 Å². The van der Waals surface area contributed by atoms with Gasteiger partial charge in [0.25, 0.3) is 0 Å². The van der Waals surface area contributed by atoms with Gasteiger partial charge in [0.1, 0.15) is 16.6 Å². The van der Waals surface area contributed by atoms with Crippen LogP contribution in [0.3, 0.4) is 0 Å². The SMILES string of the molecule is Cc1ccc(Cl)cc1NC=C(C#N)c1nc(-c2ccc(Cl)cc2Cl)cs1. The van der Waals surface area contributed by atoms with Gasteiger partial charge in [-0.05, 0) is 42.8 Å². The number of thiazole rings is 1. The lowest BCUT2D eigenvalue weighted by molar-refractivity contribution is 1.36. The van der Waals surface area contributed by atoms with Crippen molar-refractivity contribution >= 4 is 57.4 Å². The van der Waals surface area contributed by atoms with Crippen molar-refractivity contribution in [1.29, 1.82) is 5.26 Å². The number of allylic oxidation sites excluding steroid dienone is 1. The molecule has 1 N–H and O–H groups in total. The van der Waals surface area contributed by atoms with E-state index in [2.05, 4.69) is 16.4 Å². The molecule has 130 valence electrons. The van der Waals surface area contributed by atoms with Gasteiger partial charge in [-0.15, -0.1) is 11.3 Å². The molecule has 0 aliphatic rings. The monoisotopic (exact) mass is 419 g/mol. The van der Waals surface area contributed by atoms with E-state index < -0.39 is 0 Å². The number of rotatable bonds is 4. The predicted octanol–water partition coefficient (Wildman–Crippen LogP) is 7.06.